The van der Waals surface area contributed by atoms with Crippen molar-refractivity contribution in [3.63, 3.8) is 0 Å². The van der Waals surface area contributed by atoms with E-state index in [9.17, 15) is 14.4 Å². The summed E-state index contributed by atoms with van der Waals surface area (Å²) in [5, 5.41) is 3.08. The van der Waals surface area contributed by atoms with Gasteiger partial charge in [-0.1, -0.05) is 53.5 Å². The zero-order valence-electron chi connectivity index (χ0n) is 30.3. The lowest BCUT2D eigenvalue weighted by atomic mass is 9.96. The van der Waals surface area contributed by atoms with Crippen LogP contribution in [-0.2, 0) is 47.3 Å². The summed E-state index contributed by atoms with van der Waals surface area (Å²) < 4.78 is 34.5. The number of nitrogens with zero attached hydrogens (tertiary/aromatic N) is 3. The Kier molecular flexibility index (Phi) is 10.7. The van der Waals surface area contributed by atoms with Crippen molar-refractivity contribution in [1.82, 2.24) is 19.9 Å². The van der Waals surface area contributed by atoms with Gasteiger partial charge in [0, 0.05) is 42.9 Å². The van der Waals surface area contributed by atoms with Gasteiger partial charge in [0.05, 0.1) is 48.6 Å². The number of anilines is 1. The van der Waals surface area contributed by atoms with E-state index >= 15 is 4.39 Å². The number of amides is 2. The monoisotopic (exact) mass is 779 g/mol. The summed E-state index contributed by atoms with van der Waals surface area (Å²) in [6.45, 7) is 4.17. The van der Waals surface area contributed by atoms with Crippen molar-refractivity contribution < 1.29 is 37.8 Å². The van der Waals surface area contributed by atoms with Gasteiger partial charge < -0.3 is 33.8 Å². The van der Waals surface area contributed by atoms with Crippen LogP contribution < -0.4 is 20.3 Å². The number of carbonyl (C=O) groups excluding carboxylic acids is 3. The third-order valence-electron chi connectivity index (χ3n) is 9.86. The number of carbonyl (C=O) groups is 3. The maximum Gasteiger partial charge on any atom is 0.410 e. The molecular weight excluding hydrogens is 740 g/mol. The zero-order chi connectivity index (χ0) is 38.3. The minimum Gasteiger partial charge on any atom is -0.496 e. The lowest BCUT2D eigenvalue weighted by Gasteiger charge is -2.26. The molecule has 1 aromatic heterocycles. The average molecular weight is 781 g/mol. The second kappa shape index (κ2) is 15.5. The Morgan fingerprint density at radius 2 is 1.78 bits per heavy atom. The molecule has 1 saturated carbocycles. The highest BCUT2D eigenvalue weighted by Crippen LogP contribution is 2.45. The van der Waals surface area contributed by atoms with E-state index in [2.05, 4.69) is 15.8 Å². The van der Waals surface area contributed by atoms with E-state index < -0.39 is 23.9 Å². The maximum atomic E-state index is 15.6. The zero-order valence-corrected chi connectivity index (χ0v) is 31.8. The Hall–Kier alpha value is -4.85. The van der Waals surface area contributed by atoms with Gasteiger partial charge in [-0.25, -0.2) is 14.2 Å². The molecule has 3 aromatic carbocycles. The topological polar surface area (TPSA) is 133 Å². The fraction of sp³-hybridized carbons (Fsp3) is 0.385. The van der Waals surface area contributed by atoms with Gasteiger partial charge in [0.25, 0.3) is 5.91 Å². The number of methoxy groups -OCH3 is 1. The molecule has 7 rings (SSSR count). The predicted octanol–water partition coefficient (Wildman–Crippen LogP) is 7.72. The molecule has 2 amide bonds. The van der Waals surface area contributed by atoms with Crippen molar-refractivity contribution in [2.24, 2.45) is 13.0 Å². The highest BCUT2D eigenvalue weighted by Gasteiger charge is 2.33. The van der Waals surface area contributed by atoms with Gasteiger partial charge in [0.1, 0.15) is 22.6 Å². The first-order valence-electron chi connectivity index (χ1n) is 17.8. The molecule has 2 aliphatic carbocycles. The number of halogens is 3. The number of imidazole rings is 1. The number of hydrogen-bond donors (Lipinski definition) is 2. The van der Waals surface area contributed by atoms with Crippen LogP contribution in [0.25, 0.3) is 11.1 Å². The van der Waals surface area contributed by atoms with Crippen molar-refractivity contribution in [1.29, 1.82) is 0 Å². The van der Waals surface area contributed by atoms with Crippen molar-refractivity contribution >= 4 is 46.9 Å². The predicted molar refractivity (Wildman–Crippen MR) is 199 cm³/mol. The number of hydroxylamine groups is 1. The molecule has 0 radical (unpaired) electrons. The minimum atomic E-state index is -0.738. The van der Waals surface area contributed by atoms with Crippen LogP contribution in [0, 0.1) is 11.7 Å². The van der Waals surface area contributed by atoms with Gasteiger partial charge in [0.2, 0.25) is 0 Å². The van der Waals surface area contributed by atoms with Crippen LogP contribution in [-0.4, -0.2) is 52.2 Å². The molecule has 2 N–H and O–H groups in total. The van der Waals surface area contributed by atoms with Crippen LogP contribution in [0.2, 0.25) is 10.0 Å². The van der Waals surface area contributed by atoms with E-state index in [-0.39, 0.29) is 59.0 Å². The Morgan fingerprint density at radius 1 is 1.02 bits per heavy atom. The molecule has 1 fully saturated rings. The van der Waals surface area contributed by atoms with E-state index in [0.29, 0.717) is 42.2 Å². The smallest absolute Gasteiger partial charge is 0.410 e. The van der Waals surface area contributed by atoms with Crippen molar-refractivity contribution in [3.05, 3.63) is 92.2 Å². The molecule has 1 unspecified atom stereocenters. The van der Waals surface area contributed by atoms with Crippen LogP contribution in [0.5, 0.6) is 11.5 Å². The first kappa shape index (κ1) is 37.5. The van der Waals surface area contributed by atoms with Crippen LogP contribution in [0.15, 0.2) is 42.5 Å². The van der Waals surface area contributed by atoms with Crippen LogP contribution in [0.4, 0.5) is 14.9 Å². The molecule has 284 valence electrons. The van der Waals surface area contributed by atoms with E-state index in [4.69, 9.17) is 42.3 Å². The second-order valence-corrected chi connectivity index (χ2v) is 14.6. The fourth-order valence-corrected chi connectivity index (χ4v) is 7.44. The molecule has 4 aromatic rings. The first-order valence-corrected chi connectivity index (χ1v) is 18.6. The molecule has 2 heterocycles. The number of fused-ring (bicyclic) bond motifs is 2. The molecule has 15 heteroatoms. The van der Waals surface area contributed by atoms with Gasteiger partial charge in [0.15, 0.2) is 11.6 Å². The van der Waals surface area contributed by atoms with Crippen molar-refractivity contribution in [3.8, 4) is 22.6 Å². The fourth-order valence-electron chi connectivity index (χ4n) is 6.95. The first-order chi connectivity index (χ1) is 25.9. The molecule has 0 bridgehead atoms. The normalized spacial score (nSPS) is 16.1. The molecule has 0 saturated heterocycles. The summed E-state index contributed by atoms with van der Waals surface area (Å²) in [5.74, 6) is -1.14. The SMILES string of the molecule is COc1cc(OC2CCc3c(-c4cccc(NC(=O)c5nc6c(n5C)CCN(C(=O)OC(C)C)C6)c4Cl)cccc32)c(Cl)c(F)c1CNOC(=O)C1CC1. The van der Waals surface area contributed by atoms with Gasteiger partial charge in [-0.2, -0.15) is 0 Å². The van der Waals surface area contributed by atoms with Gasteiger partial charge in [-0.3, -0.25) is 9.59 Å². The second-order valence-electron chi connectivity index (χ2n) is 13.8. The maximum absolute atomic E-state index is 15.6. The van der Waals surface area contributed by atoms with Gasteiger partial charge >= 0.3 is 12.1 Å². The highest BCUT2D eigenvalue weighted by molar-refractivity contribution is 6.36. The lowest BCUT2D eigenvalue weighted by molar-refractivity contribution is -0.153. The summed E-state index contributed by atoms with van der Waals surface area (Å²) in [5.41, 5.74) is 8.06. The quantitative estimate of drug-likeness (QED) is 0.147. The van der Waals surface area contributed by atoms with Crippen molar-refractivity contribution in [2.75, 3.05) is 19.0 Å². The third-order valence-corrected chi connectivity index (χ3v) is 10.6. The summed E-state index contributed by atoms with van der Waals surface area (Å²) in [7, 11) is 3.19. The average Bonchev–Trinajstić information content (AvgIpc) is 3.85. The minimum absolute atomic E-state index is 0.104. The molecule has 1 aliphatic heterocycles. The summed E-state index contributed by atoms with van der Waals surface area (Å²) in [6.07, 6.45) is 2.26. The van der Waals surface area contributed by atoms with E-state index in [1.54, 1.807) is 36.4 Å². The lowest BCUT2D eigenvalue weighted by Crippen LogP contribution is -2.37. The van der Waals surface area contributed by atoms with Crippen molar-refractivity contribution in [2.45, 2.75) is 71.2 Å². The third kappa shape index (κ3) is 7.44. The van der Waals surface area contributed by atoms with E-state index in [1.165, 1.54) is 13.2 Å². The largest absolute Gasteiger partial charge is 0.496 e. The Balaban J connectivity index is 1.07. The number of nitrogens with one attached hydrogen (secondary N) is 2. The number of rotatable bonds is 11. The van der Waals surface area contributed by atoms with Crippen LogP contribution >= 0.6 is 23.2 Å². The number of hydrogen-bond acceptors (Lipinski definition) is 9. The van der Waals surface area contributed by atoms with Crippen LogP contribution in [0.1, 0.15) is 77.9 Å². The van der Waals surface area contributed by atoms with Crippen LogP contribution in [0.3, 0.4) is 0 Å². The number of benzene rings is 3. The van der Waals surface area contributed by atoms with E-state index in [1.807, 2.05) is 30.3 Å². The van der Waals surface area contributed by atoms with Gasteiger partial charge in [-0.15, -0.1) is 5.48 Å². The highest BCUT2D eigenvalue weighted by atomic mass is 35.5. The number of ether oxygens (including phenoxy) is 3. The molecule has 3 aliphatic rings. The summed E-state index contributed by atoms with van der Waals surface area (Å²) in [6, 6.07) is 12.8. The molecule has 12 nitrogen and oxygen atoms in total. The molecular formula is C39H40Cl2FN5O7. The summed E-state index contributed by atoms with van der Waals surface area (Å²) in [4.78, 5) is 49.2. The summed E-state index contributed by atoms with van der Waals surface area (Å²) >= 11 is 13.5. The Morgan fingerprint density at radius 3 is 2.52 bits per heavy atom. The Bertz CT molecular complexity index is 2140. The van der Waals surface area contributed by atoms with E-state index in [0.717, 1.165) is 40.8 Å². The van der Waals surface area contributed by atoms with Gasteiger partial charge in [-0.05, 0) is 62.3 Å². The molecule has 0 spiro atoms. The number of aromatic nitrogens is 2. The Labute approximate surface area is 321 Å². The standard InChI is InChI=1S/C39H40Cl2FN5O7/c1-20(2)52-39(50)47-16-15-29-28(19-47)44-36(46(29)3)37(48)45-27-10-6-9-25(33(27)40)22-7-5-8-24-23(22)13-14-30(24)53-32-17-31(51-4)26(35(42)34(32)41)18-43-54-38(49)21-11-12-21/h5-10,17,20-21,30,43H,11-16,18-19H2,1-4H3,(H,45,48). The molecule has 1 atom stereocenters. The molecule has 54 heavy (non-hydrogen) atoms.